The smallest absolute Gasteiger partial charge is 0.167 e. The van der Waals surface area contributed by atoms with Crippen molar-refractivity contribution < 1.29 is 9.13 Å². The lowest BCUT2D eigenvalue weighted by atomic mass is 10.3. The Balaban J connectivity index is 2.25. The highest BCUT2D eigenvalue weighted by Gasteiger charge is 2.06. The molecule has 0 aliphatic rings. The first kappa shape index (κ1) is 13.5. The zero-order valence-electron chi connectivity index (χ0n) is 10.6. The van der Waals surface area contributed by atoms with E-state index in [2.05, 4.69) is 15.3 Å². The van der Waals surface area contributed by atoms with E-state index in [4.69, 9.17) is 16.3 Å². The highest BCUT2D eigenvalue weighted by atomic mass is 35.5. The van der Waals surface area contributed by atoms with E-state index in [1.54, 1.807) is 18.2 Å². The summed E-state index contributed by atoms with van der Waals surface area (Å²) in [5.74, 6) is 0.911. The third kappa shape index (κ3) is 3.32. The summed E-state index contributed by atoms with van der Waals surface area (Å²) in [4.78, 5) is 8.32. The Morgan fingerprint density at radius 2 is 2.11 bits per heavy atom. The molecule has 0 unspecified atom stereocenters. The van der Waals surface area contributed by atoms with Crippen molar-refractivity contribution in [3.8, 4) is 5.75 Å². The number of nitrogens with one attached hydrogen (secondary N) is 1. The Labute approximate surface area is 115 Å². The summed E-state index contributed by atoms with van der Waals surface area (Å²) in [6.45, 7) is 1.93. The van der Waals surface area contributed by atoms with E-state index >= 15 is 0 Å². The first-order chi connectivity index (χ1) is 9.12. The van der Waals surface area contributed by atoms with Crippen molar-refractivity contribution in [1.29, 1.82) is 0 Å². The molecule has 0 aliphatic heterocycles. The van der Waals surface area contributed by atoms with Crippen LogP contribution in [0.3, 0.4) is 0 Å². The third-order valence-electron chi connectivity index (χ3n) is 2.48. The predicted molar refractivity (Wildman–Crippen MR) is 72.7 cm³/mol. The van der Waals surface area contributed by atoms with Gasteiger partial charge in [0, 0.05) is 24.2 Å². The quantitative estimate of drug-likeness (QED) is 0.870. The molecule has 1 N–H and O–H groups in total. The molecular formula is C13H13ClFN3O. The molecule has 1 heterocycles. The van der Waals surface area contributed by atoms with E-state index in [9.17, 15) is 4.39 Å². The molecule has 6 heteroatoms. The van der Waals surface area contributed by atoms with Gasteiger partial charge in [0.1, 0.15) is 16.8 Å². The average Bonchev–Trinajstić information content (AvgIpc) is 2.38. The number of ether oxygens (including phenoxy) is 1. The maximum atomic E-state index is 13.6. The molecular weight excluding hydrogens is 269 g/mol. The van der Waals surface area contributed by atoms with Gasteiger partial charge in [-0.15, -0.1) is 0 Å². The molecule has 0 aliphatic carbocycles. The van der Waals surface area contributed by atoms with Gasteiger partial charge in [0.05, 0.1) is 7.11 Å². The fourth-order valence-electron chi connectivity index (χ4n) is 1.58. The second kappa shape index (κ2) is 5.84. The molecule has 2 rings (SSSR count). The summed E-state index contributed by atoms with van der Waals surface area (Å²) in [7, 11) is 1.42. The molecule has 2 aromatic rings. The molecule has 0 saturated carbocycles. The molecule has 19 heavy (non-hydrogen) atoms. The normalized spacial score (nSPS) is 10.3. The van der Waals surface area contributed by atoms with Gasteiger partial charge in [-0.1, -0.05) is 18.5 Å². The van der Waals surface area contributed by atoms with Crippen molar-refractivity contribution in [2.24, 2.45) is 0 Å². The first-order valence-electron chi connectivity index (χ1n) is 5.76. The summed E-state index contributed by atoms with van der Waals surface area (Å²) < 4.78 is 18.4. The SMILES string of the molecule is CCc1nc(Cl)cc(Nc2ccc(OC)c(F)c2)n1. The largest absolute Gasteiger partial charge is 0.494 e. The lowest BCUT2D eigenvalue weighted by Gasteiger charge is -2.08. The fraction of sp³-hybridized carbons (Fsp3) is 0.231. The minimum atomic E-state index is -0.441. The number of hydrogen-bond donors (Lipinski definition) is 1. The Morgan fingerprint density at radius 1 is 1.32 bits per heavy atom. The average molecular weight is 282 g/mol. The van der Waals surface area contributed by atoms with Crippen LogP contribution in [0.2, 0.25) is 5.15 Å². The molecule has 0 saturated heterocycles. The second-order valence-corrected chi connectivity index (χ2v) is 4.21. The van der Waals surface area contributed by atoms with Gasteiger partial charge < -0.3 is 10.1 Å². The lowest BCUT2D eigenvalue weighted by Crippen LogP contribution is -2.00. The zero-order chi connectivity index (χ0) is 13.8. The Bertz CT molecular complexity index is 592. The van der Waals surface area contributed by atoms with Crippen LogP contribution >= 0.6 is 11.6 Å². The molecule has 1 aromatic carbocycles. The molecule has 0 amide bonds. The maximum absolute atomic E-state index is 13.6. The minimum Gasteiger partial charge on any atom is -0.494 e. The van der Waals surface area contributed by atoms with E-state index in [0.29, 0.717) is 28.9 Å². The molecule has 0 fully saturated rings. The number of halogens is 2. The Hall–Kier alpha value is -1.88. The van der Waals surface area contributed by atoms with E-state index in [1.807, 2.05) is 6.92 Å². The fourth-order valence-corrected chi connectivity index (χ4v) is 1.78. The van der Waals surface area contributed by atoms with E-state index in [1.165, 1.54) is 13.2 Å². The van der Waals surface area contributed by atoms with Crippen molar-refractivity contribution >= 4 is 23.1 Å². The number of aromatic nitrogens is 2. The van der Waals surface area contributed by atoms with Crippen LogP contribution in [0, 0.1) is 5.82 Å². The molecule has 4 nitrogen and oxygen atoms in total. The van der Waals surface area contributed by atoms with Crippen LogP contribution in [0.1, 0.15) is 12.7 Å². The predicted octanol–water partition coefficient (Wildman–Crippen LogP) is 3.58. The monoisotopic (exact) mass is 281 g/mol. The van der Waals surface area contributed by atoms with Crippen LogP contribution in [0.5, 0.6) is 5.75 Å². The van der Waals surface area contributed by atoms with Gasteiger partial charge in [0.25, 0.3) is 0 Å². The van der Waals surface area contributed by atoms with Gasteiger partial charge in [-0.25, -0.2) is 14.4 Å². The third-order valence-corrected chi connectivity index (χ3v) is 2.68. The topological polar surface area (TPSA) is 47.0 Å². The van der Waals surface area contributed by atoms with Crippen molar-refractivity contribution in [3.05, 3.63) is 41.1 Å². The number of methoxy groups -OCH3 is 1. The summed E-state index contributed by atoms with van der Waals surface area (Å²) in [6, 6.07) is 6.16. The van der Waals surface area contributed by atoms with Crippen LogP contribution in [-0.2, 0) is 6.42 Å². The molecule has 0 bridgehead atoms. The van der Waals surface area contributed by atoms with E-state index < -0.39 is 5.82 Å². The summed E-state index contributed by atoms with van der Waals surface area (Å²) >= 11 is 5.89. The molecule has 100 valence electrons. The van der Waals surface area contributed by atoms with Crippen LogP contribution < -0.4 is 10.1 Å². The van der Waals surface area contributed by atoms with Gasteiger partial charge >= 0.3 is 0 Å². The lowest BCUT2D eigenvalue weighted by molar-refractivity contribution is 0.386. The van der Waals surface area contributed by atoms with Gasteiger partial charge in [-0.3, -0.25) is 0 Å². The highest BCUT2D eigenvalue weighted by molar-refractivity contribution is 6.29. The number of anilines is 2. The van der Waals surface area contributed by atoms with Crippen LogP contribution in [-0.4, -0.2) is 17.1 Å². The molecule has 1 aromatic heterocycles. The minimum absolute atomic E-state index is 0.195. The van der Waals surface area contributed by atoms with Gasteiger partial charge in [-0.05, 0) is 12.1 Å². The molecule has 0 radical (unpaired) electrons. The number of nitrogens with zero attached hydrogens (tertiary/aromatic N) is 2. The number of aryl methyl sites for hydroxylation is 1. The first-order valence-corrected chi connectivity index (χ1v) is 6.14. The van der Waals surface area contributed by atoms with E-state index in [-0.39, 0.29) is 5.75 Å². The number of benzene rings is 1. The number of rotatable bonds is 4. The van der Waals surface area contributed by atoms with Gasteiger partial charge in [-0.2, -0.15) is 0 Å². The number of hydrogen-bond acceptors (Lipinski definition) is 4. The van der Waals surface area contributed by atoms with Crippen LogP contribution in [0.25, 0.3) is 0 Å². The second-order valence-electron chi connectivity index (χ2n) is 3.82. The summed E-state index contributed by atoms with van der Waals surface area (Å²) in [5.41, 5.74) is 0.565. The van der Waals surface area contributed by atoms with Crippen LogP contribution in [0.15, 0.2) is 24.3 Å². The summed E-state index contributed by atoms with van der Waals surface area (Å²) in [6.07, 6.45) is 0.673. The highest BCUT2D eigenvalue weighted by Crippen LogP contribution is 2.23. The Kier molecular flexibility index (Phi) is 4.16. The summed E-state index contributed by atoms with van der Waals surface area (Å²) in [5, 5.41) is 3.33. The van der Waals surface area contributed by atoms with E-state index in [0.717, 1.165) is 0 Å². The van der Waals surface area contributed by atoms with Crippen molar-refractivity contribution in [2.75, 3.05) is 12.4 Å². The van der Waals surface area contributed by atoms with Crippen molar-refractivity contribution in [2.45, 2.75) is 13.3 Å². The van der Waals surface area contributed by atoms with Gasteiger partial charge in [0.2, 0.25) is 0 Å². The Morgan fingerprint density at radius 3 is 2.74 bits per heavy atom. The molecule has 0 spiro atoms. The maximum Gasteiger partial charge on any atom is 0.167 e. The van der Waals surface area contributed by atoms with Gasteiger partial charge in [0.15, 0.2) is 11.6 Å². The van der Waals surface area contributed by atoms with Crippen molar-refractivity contribution in [1.82, 2.24) is 9.97 Å². The molecule has 0 atom stereocenters. The van der Waals surface area contributed by atoms with Crippen molar-refractivity contribution in [3.63, 3.8) is 0 Å². The van der Waals surface area contributed by atoms with Crippen LogP contribution in [0.4, 0.5) is 15.9 Å². The standard InChI is InChI=1S/C13H13ClFN3O/c1-3-12-17-11(14)7-13(18-12)16-8-4-5-10(19-2)9(15)6-8/h4-7H,3H2,1-2H3,(H,16,17,18). The zero-order valence-corrected chi connectivity index (χ0v) is 11.3.